The van der Waals surface area contributed by atoms with Crippen LogP contribution >= 0.6 is 15.9 Å². The predicted octanol–water partition coefficient (Wildman–Crippen LogP) is 4.14. The molecule has 0 aromatic heterocycles. The van der Waals surface area contributed by atoms with Crippen LogP contribution in [0, 0.1) is 25.5 Å². The second-order valence-electron chi connectivity index (χ2n) is 4.61. The Balaban J connectivity index is 2.40. The molecule has 0 amide bonds. The Bertz CT molecular complexity index is 784. The average Bonchev–Trinajstić information content (AvgIpc) is 2.39. The molecule has 2 aromatic rings. The number of hydrogen-bond acceptors (Lipinski definition) is 2. The molecule has 0 unspecified atom stereocenters. The Hall–Kier alpha value is -1.47. The van der Waals surface area contributed by atoms with Crippen molar-refractivity contribution in [3.8, 4) is 0 Å². The zero-order valence-electron chi connectivity index (χ0n) is 11.2. The smallest absolute Gasteiger partial charge is 0.261 e. The van der Waals surface area contributed by atoms with E-state index in [4.69, 9.17) is 0 Å². The number of sulfonamides is 1. The van der Waals surface area contributed by atoms with Gasteiger partial charge in [-0.05, 0) is 49.2 Å². The highest BCUT2D eigenvalue weighted by Gasteiger charge is 2.17. The first-order valence-electron chi connectivity index (χ1n) is 5.95. The molecule has 112 valence electrons. The van der Waals surface area contributed by atoms with E-state index in [0.29, 0.717) is 0 Å². The van der Waals surface area contributed by atoms with E-state index in [-0.39, 0.29) is 10.6 Å². The third kappa shape index (κ3) is 3.41. The predicted molar refractivity (Wildman–Crippen MR) is 80.8 cm³/mol. The highest BCUT2D eigenvalue weighted by molar-refractivity contribution is 9.10. The van der Waals surface area contributed by atoms with E-state index >= 15 is 0 Å². The fourth-order valence-electron chi connectivity index (χ4n) is 1.84. The molecule has 2 rings (SSSR count). The Labute approximate surface area is 130 Å². The first-order valence-corrected chi connectivity index (χ1v) is 8.23. The van der Waals surface area contributed by atoms with E-state index in [9.17, 15) is 17.2 Å². The Kier molecular flexibility index (Phi) is 4.34. The number of aryl methyl sites for hydroxylation is 2. The fraction of sp³-hybridized carbons (Fsp3) is 0.143. The summed E-state index contributed by atoms with van der Waals surface area (Å²) in [5.41, 5.74) is 1.49. The quantitative estimate of drug-likeness (QED) is 0.875. The van der Waals surface area contributed by atoms with Crippen molar-refractivity contribution in [1.82, 2.24) is 0 Å². The second kappa shape index (κ2) is 5.73. The molecule has 0 saturated carbocycles. The third-order valence-electron chi connectivity index (χ3n) is 2.89. The van der Waals surface area contributed by atoms with Crippen LogP contribution < -0.4 is 4.72 Å². The van der Waals surface area contributed by atoms with Gasteiger partial charge in [0.15, 0.2) is 11.6 Å². The van der Waals surface area contributed by atoms with Gasteiger partial charge >= 0.3 is 0 Å². The molecule has 0 fully saturated rings. The number of nitrogens with one attached hydrogen (secondary N) is 1. The summed E-state index contributed by atoms with van der Waals surface area (Å²) < 4.78 is 53.6. The minimum atomic E-state index is -3.86. The van der Waals surface area contributed by atoms with E-state index in [1.165, 1.54) is 12.1 Å². The van der Waals surface area contributed by atoms with Gasteiger partial charge < -0.3 is 0 Å². The molecule has 0 aliphatic heterocycles. The highest BCUT2D eigenvalue weighted by Crippen LogP contribution is 2.26. The fourth-order valence-corrected chi connectivity index (χ4v) is 3.28. The molecule has 2 aromatic carbocycles. The summed E-state index contributed by atoms with van der Waals surface area (Å²) in [5, 5.41) is 0. The molecule has 0 bridgehead atoms. The highest BCUT2D eigenvalue weighted by atomic mass is 79.9. The molecule has 0 radical (unpaired) electrons. The SMILES string of the molecule is Cc1cc(S(=O)(=O)Nc2ccc(F)c(F)c2)cc(C)c1Br. The summed E-state index contributed by atoms with van der Waals surface area (Å²) in [7, 11) is -3.86. The van der Waals surface area contributed by atoms with Crippen LogP contribution in [0.15, 0.2) is 39.7 Å². The zero-order chi connectivity index (χ0) is 15.8. The van der Waals surface area contributed by atoms with E-state index < -0.39 is 21.7 Å². The summed E-state index contributed by atoms with van der Waals surface area (Å²) in [4.78, 5) is 0.0606. The molecule has 0 aliphatic carbocycles. The van der Waals surface area contributed by atoms with Crippen molar-refractivity contribution in [2.75, 3.05) is 4.72 Å². The lowest BCUT2D eigenvalue weighted by atomic mass is 10.2. The van der Waals surface area contributed by atoms with Crippen LogP contribution in [0.25, 0.3) is 0 Å². The molecule has 0 aliphatic rings. The Morgan fingerprint density at radius 1 is 1.00 bits per heavy atom. The van der Waals surface area contributed by atoms with Gasteiger partial charge in [0.25, 0.3) is 10.0 Å². The summed E-state index contributed by atoms with van der Waals surface area (Å²) >= 11 is 3.36. The van der Waals surface area contributed by atoms with Crippen molar-refractivity contribution < 1.29 is 17.2 Å². The van der Waals surface area contributed by atoms with Crippen LogP contribution in [-0.4, -0.2) is 8.42 Å². The van der Waals surface area contributed by atoms with Crippen molar-refractivity contribution in [2.45, 2.75) is 18.7 Å². The molecule has 0 heterocycles. The maximum absolute atomic E-state index is 13.1. The van der Waals surface area contributed by atoms with E-state index in [2.05, 4.69) is 20.7 Å². The van der Waals surface area contributed by atoms with Crippen LogP contribution in [-0.2, 0) is 10.0 Å². The van der Waals surface area contributed by atoms with Gasteiger partial charge in [-0.1, -0.05) is 15.9 Å². The van der Waals surface area contributed by atoms with Crippen molar-refractivity contribution in [3.63, 3.8) is 0 Å². The molecular formula is C14H12BrF2NO2S. The van der Waals surface area contributed by atoms with Crippen LogP contribution in [0.1, 0.15) is 11.1 Å². The Morgan fingerprint density at radius 3 is 2.10 bits per heavy atom. The molecule has 21 heavy (non-hydrogen) atoms. The first kappa shape index (κ1) is 15.9. The van der Waals surface area contributed by atoms with Crippen LogP contribution in [0.2, 0.25) is 0 Å². The van der Waals surface area contributed by atoms with E-state index in [1.807, 2.05) is 0 Å². The van der Waals surface area contributed by atoms with Gasteiger partial charge in [0.05, 0.1) is 10.6 Å². The molecule has 7 heteroatoms. The summed E-state index contributed by atoms with van der Waals surface area (Å²) in [6, 6.07) is 5.82. The van der Waals surface area contributed by atoms with E-state index in [0.717, 1.165) is 33.8 Å². The zero-order valence-corrected chi connectivity index (χ0v) is 13.6. The number of rotatable bonds is 3. The summed E-state index contributed by atoms with van der Waals surface area (Å²) in [6.07, 6.45) is 0. The topological polar surface area (TPSA) is 46.2 Å². The van der Waals surface area contributed by atoms with Crippen LogP contribution in [0.3, 0.4) is 0 Å². The lowest BCUT2D eigenvalue weighted by Gasteiger charge is -2.11. The summed E-state index contributed by atoms with van der Waals surface area (Å²) in [5.74, 6) is -2.15. The Morgan fingerprint density at radius 2 is 1.57 bits per heavy atom. The largest absolute Gasteiger partial charge is 0.280 e. The van der Waals surface area contributed by atoms with Gasteiger partial charge in [-0.15, -0.1) is 0 Å². The van der Waals surface area contributed by atoms with Crippen molar-refractivity contribution in [2.24, 2.45) is 0 Å². The van der Waals surface area contributed by atoms with E-state index in [1.54, 1.807) is 13.8 Å². The van der Waals surface area contributed by atoms with Crippen LogP contribution in [0.4, 0.5) is 14.5 Å². The molecule has 3 nitrogen and oxygen atoms in total. The maximum atomic E-state index is 13.1. The molecule has 0 saturated heterocycles. The van der Waals surface area contributed by atoms with Gasteiger partial charge in [-0.2, -0.15) is 0 Å². The monoisotopic (exact) mass is 375 g/mol. The number of anilines is 1. The van der Waals surface area contributed by atoms with Crippen molar-refractivity contribution >= 4 is 31.6 Å². The first-order chi connectivity index (χ1) is 9.70. The van der Waals surface area contributed by atoms with Gasteiger partial charge in [0, 0.05) is 10.5 Å². The van der Waals surface area contributed by atoms with Gasteiger partial charge in [-0.3, -0.25) is 4.72 Å². The molecule has 0 atom stereocenters. The lowest BCUT2D eigenvalue weighted by Crippen LogP contribution is -2.13. The van der Waals surface area contributed by atoms with Crippen molar-refractivity contribution in [1.29, 1.82) is 0 Å². The normalized spacial score (nSPS) is 11.5. The maximum Gasteiger partial charge on any atom is 0.261 e. The molecular weight excluding hydrogens is 364 g/mol. The molecule has 0 spiro atoms. The standard InChI is InChI=1S/C14H12BrF2NO2S/c1-8-5-11(6-9(2)14(8)15)21(19,20)18-10-3-4-12(16)13(17)7-10/h3-7,18H,1-2H3. The minimum Gasteiger partial charge on any atom is -0.280 e. The van der Waals surface area contributed by atoms with Crippen molar-refractivity contribution in [3.05, 3.63) is 57.6 Å². The van der Waals surface area contributed by atoms with Gasteiger partial charge in [-0.25, -0.2) is 17.2 Å². The number of hydrogen-bond donors (Lipinski definition) is 1. The number of benzene rings is 2. The molecule has 1 N–H and O–H groups in total. The summed E-state index contributed by atoms with van der Waals surface area (Å²) in [6.45, 7) is 3.54. The lowest BCUT2D eigenvalue weighted by molar-refractivity contribution is 0.509. The second-order valence-corrected chi connectivity index (χ2v) is 7.08. The third-order valence-corrected chi connectivity index (χ3v) is 5.50. The van der Waals surface area contributed by atoms with Gasteiger partial charge in [0.1, 0.15) is 0 Å². The minimum absolute atomic E-state index is 0.0351. The average molecular weight is 376 g/mol. The van der Waals surface area contributed by atoms with Crippen LogP contribution in [0.5, 0.6) is 0 Å². The number of halogens is 3. The van der Waals surface area contributed by atoms with Gasteiger partial charge in [0.2, 0.25) is 0 Å².